The normalized spacial score (nSPS) is 33.8. The van der Waals surface area contributed by atoms with Crippen molar-refractivity contribution in [3.05, 3.63) is 18.1 Å². The van der Waals surface area contributed by atoms with Crippen LogP contribution in [0.15, 0.2) is 12.4 Å². The zero-order chi connectivity index (χ0) is 27.3. The molecule has 3 aliphatic heterocycles. The lowest BCUT2D eigenvalue weighted by atomic mass is 9.78. The van der Waals surface area contributed by atoms with Crippen LogP contribution in [-0.4, -0.2) is 78.6 Å². The van der Waals surface area contributed by atoms with Gasteiger partial charge < -0.3 is 19.3 Å². The SMILES string of the molecule is CO[C@@H]1COCC[C@@H]1C[C@@H]1CC[C@](CC(F)(F)F)(C(=O)N2C[C@@H]3C[C@H]2CN3c2cncc(C(F)(F)F)n2)C1. The number of rotatable bonds is 6. The van der Waals surface area contributed by atoms with Crippen molar-refractivity contribution in [2.24, 2.45) is 17.3 Å². The van der Waals surface area contributed by atoms with Crippen molar-refractivity contribution in [1.82, 2.24) is 14.9 Å². The molecule has 7 nitrogen and oxygen atoms in total. The monoisotopic (exact) mass is 550 g/mol. The Morgan fingerprint density at radius 1 is 1.16 bits per heavy atom. The minimum Gasteiger partial charge on any atom is -0.379 e. The maximum Gasteiger partial charge on any atom is 0.434 e. The molecule has 0 spiro atoms. The molecule has 2 bridgehead atoms. The Morgan fingerprint density at radius 3 is 2.61 bits per heavy atom. The van der Waals surface area contributed by atoms with Gasteiger partial charge in [0, 0.05) is 26.8 Å². The van der Waals surface area contributed by atoms with Crippen LogP contribution >= 0.6 is 0 Å². The molecule has 13 heteroatoms. The van der Waals surface area contributed by atoms with E-state index in [1.165, 1.54) is 6.20 Å². The van der Waals surface area contributed by atoms with E-state index in [4.69, 9.17) is 9.47 Å². The molecular formula is C25H32F6N4O3. The second-order valence-corrected chi connectivity index (χ2v) is 11.2. The smallest absolute Gasteiger partial charge is 0.379 e. The van der Waals surface area contributed by atoms with E-state index in [-0.39, 0.29) is 61.8 Å². The fraction of sp³-hybridized carbons (Fsp3) is 0.800. The lowest BCUT2D eigenvalue weighted by Crippen LogP contribution is -2.54. The second-order valence-electron chi connectivity index (χ2n) is 11.2. The molecule has 4 heterocycles. The maximum atomic E-state index is 13.8. The fourth-order valence-electron chi connectivity index (χ4n) is 7.10. The number of hydrogen-bond donors (Lipinski definition) is 0. The lowest BCUT2D eigenvalue weighted by molar-refractivity contribution is -0.175. The molecule has 0 N–H and O–H groups in total. The number of nitrogens with zero attached hydrogens (tertiary/aromatic N) is 4. The number of likely N-dealkylation sites (tertiary alicyclic amines) is 1. The number of hydrogen-bond acceptors (Lipinski definition) is 6. The molecule has 4 aliphatic rings. The van der Waals surface area contributed by atoms with E-state index in [1.807, 2.05) is 0 Å². The highest BCUT2D eigenvalue weighted by Crippen LogP contribution is 2.53. The standard InChI is InChI=1S/C25H32F6N4O3/c1-37-19-13-38-5-3-16(19)6-15-2-4-23(8-15,14-24(26,27)28)22(36)35-12-17-7-18(35)11-34(17)21-10-32-9-20(33-21)25(29,30)31/h9-10,15-19H,2-8,11-14H2,1H3/t15-,16+,17-,18-,19+,23-/m0/s1. The van der Waals surface area contributed by atoms with Gasteiger partial charge in [-0.2, -0.15) is 26.3 Å². The molecule has 1 saturated carbocycles. The summed E-state index contributed by atoms with van der Waals surface area (Å²) in [6.45, 7) is 1.44. The highest BCUT2D eigenvalue weighted by atomic mass is 19.4. The predicted octanol–water partition coefficient (Wildman–Crippen LogP) is 4.47. The number of ether oxygens (including phenoxy) is 2. The summed E-state index contributed by atoms with van der Waals surface area (Å²) in [5.74, 6) is -0.247. The minimum atomic E-state index is -4.64. The van der Waals surface area contributed by atoms with Crippen LogP contribution in [0.1, 0.15) is 50.6 Å². The molecule has 212 valence electrons. The molecule has 0 aromatic carbocycles. The highest BCUT2D eigenvalue weighted by molar-refractivity contribution is 5.84. The van der Waals surface area contributed by atoms with E-state index in [0.717, 1.165) is 6.42 Å². The Morgan fingerprint density at radius 2 is 1.95 bits per heavy atom. The minimum absolute atomic E-state index is 0.0151. The van der Waals surface area contributed by atoms with Gasteiger partial charge in [-0.3, -0.25) is 9.78 Å². The molecule has 5 rings (SSSR count). The van der Waals surface area contributed by atoms with E-state index >= 15 is 0 Å². The van der Waals surface area contributed by atoms with E-state index in [1.54, 1.807) is 16.9 Å². The number of fused-ring (bicyclic) bond motifs is 2. The average molecular weight is 551 g/mol. The number of anilines is 1. The summed E-state index contributed by atoms with van der Waals surface area (Å²) in [7, 11) is 1.61. The molecule has 1 aromatic rings. The van der Waals surface area contributed by atoms with Crippen molar-refractivity contribution in [1.29, 1.82) is 0 Å². The van der Waals surface area contributed by atoms with Crippen LogP contribution in [0.5, 0.6) is 0 Å². The van der Waals surface area contributed by atoms with Gasteiger partial charge in [-0.1, -0.05) is 0 Å². The first-order chi connectivity index (χ1) is 17.9. The number of halogens is 6. The van der Waals surface area contributed by atoms with Crippen LogP contribution in [0.2, 0.25) is 0 Å². The fourth-order valence-corrected chi connectivity index (χ4v) is 7.10. The van der Waals surface area contributed by atoms with Crippen molar-refractivity contribution in [3.63, 3.8) is 0 Å². The lowest BCUT2D eigenvalue weighted by Gasteiger charge is -2.40. The molecule has 1 amide bonds. The first-order valence-electron chi connectivity index (χ1n) is 13.0. The van der Waals surface area contributed by atoms with Gasteiger partial charge in [0.2, 0.25) is 5.91 Å². The third-order valence-corrected chi connectivity index (χ3v) is 8.79. The third-order valence-electron chi connectivity index (χ3n) is 8.79. The number of piperazine rings is 1. The Labute approximate surface area is 216 Å². The highest BCUT2D eigenvalue weighted by Gasteiger charge is 2.57. The van der Waals surface area contributed by atoms with Crippen molar-refractivity contribution >= 4 is 11.7 Å². The predicted molar refractivity (Wildman–Crippen MR) is 123 cm³/mol. The zero-order valence-corrected chi connectivity index (χ0v) is 21.1. The van der Waals surface area contributed by atoms with Crippen molar-refractivity contribution in [2.45, 2.75) is 75.5 Å². The van der Waals surface area contributed by atoms with E-state index in [0.29, 0.717) is 38.7 Å². The third kappa shape index (κ3) is 5.45. The van der Waals surface area contributed by atoms with Gasteiger partial charge in [0.05, 0.1) is 49.0 Å². The summed E-state index contributed by atoms with van der Waals surface area (Å²) in [6.07, 6.45) is -5.64. The molecule has 4 fully saturated rings. The van der Waals surface area contributed by atoms with Crippen LogP contribution in [0, 0.1) is 17.3 Å². The molecule has 0 unspecified atom stereocenters. The Bertz CT molecular complexity index is 1020. The van der Waals surface area contributed by atoms with Crippen LogP contribution in [-0.2, 0) is 20.4 Å². The zero-order valence-electron chi connectivity index (χ0n) is 21.1. The largest absolute Gasteiger partial charge is 0.434 e. The van der Waals surface area contributed by atoms with Crippen LogP contribution in [0.4, 0.5) is 32.2 Å². The Balaban J connectivity index is 1.29. The Hall–Kier alpha value is -2.15. The van der Waals surface area contributed by atoms with Crippen molar-refractivity contribution in [3.8, 4) is 0 Å². The molecular weight excluding hydrogens is 518 g/mol. The van der Waals surface area contributed by atoms with Gasteiger partial charge in [-0.15, -0.1) is 0 Å². The van der Waals surface area contributed by atoms with Gasteiger partial charge in [-0.05, 0) is 50.4 Å². The van der Waals surface area contributed by atoms with Gasteiger partial charge >= 0.3 is 12.4 Å². The van der Waals surface area contributed by atoms with Gasteiger partial charge in [0.25, 0.3) is 0 Å². The Kier molecular flexibility index (Phi) is 7.29. The molecule has 38 heavy (non-hydrogen) atoms. The molecule has 1 aromatic heterocycles. The summed E-state index contributed by atoms with van der Waals surface area (Å²) < 4.78 is 91.7. The topological polar surface area (TPSA) is 67.8 Å². The number of aromatic nitrogens is 2. The van der Waals surface area contributed by atoms with E-state index < -0.39 is 35.8 Å². The van der Waals surface area contributed by atoms with Gasteiger partial charge in [0.1, 0.15) is 5.82 Å². The number of methoxy groups -OCH3 is 1. The van der Waals surface area contributed by atoms with Crippen LogP contribution < -0.4 is 4.90 Å². The van der Waals surface area contributed by atoms with Crippen molar-refractivity contribution < 1.29 is 40.6 Å². The molecule has 6 atom stereocenters. The summed E-state index contributed by atoms with van der Waals surface area (Å²) >= 11 is 0. The van der Waals surface area contributed by atoms with Crippen molar-refractivity contribution in [2.75, 3.05) is 38.3 Å². The van der Waals surface area contributed by atoms with Crippen LogP contribution in [0.25, 0.3) is 0 Å². The first-order valence-corrected chi connectivity index (χ1v) is 13.0. The van der Waals surface area contributed by atoms with E-state index in [9.17, 15) is 31.1 Å². The maximum absolute atomic E-state index is 13.8. The number of carbonyl (C=O) groups excluding carboxylic acids is 1. The van der Waals surface area contributed by atoms with Gasteiger partial charge in [0.15, 0.2) is 5.69 Å². The average Bonchev–Trinajstić information content (AvgIpc) is 3.58. The number of amides is 1. The number of alkyl halides is 6. The quantitative estimate of drug-likeness (QED) is 0.488. The molecule has 1 aliphatic carbocycles. The summed E-state index contributed by atoms with van der Waals surface area (Å²) in [4.78, 5) is 24.4. The second kappa shape index (κ2) is 10.1. The van der Waals surface area contributed by atoms with Gasteiger partial charge in [-0.25, -0.2) is 4.98 Å². The van der Waals surface area contributed by atoms with Crippen LogP contribution in [0.3, 0.4) is 0 Å². The number of carbonyl (C=O) groups is 1. The molecule has 3 saturated heterocycles. The summed E-state index contributed by atoms with van der Waals surface area (Å²) in [6, 6.07) is -0.687. The first kappa shape index (κ1) is 27.4. The summed E-state index contributed by atoms with van der Waals surface area (Å²) in [5.41, 5.74) is -2.62. The molecule has 0 radical (unpaired) electrons. The summed E-state index contributed by atoms with van der Waals surface area (Å²) in [5, 5.41) is 0. The van der Waals surface area contributed by atoms with E-state index in [2.05, 4.69) is 9.97 Å².